The topological polar surface area (TPSA) is 92.9 Å². The molecule has 1 heterocycles. The highest BCUT2D eigenvalue weighted by molar-refractivity contribution is 5.94. The maximum Gasteiger partial charge on any atom is 0.264 e. The van der Waals surface area contributed by atoms with E-state index in [1.54, 1.807) is 43.5 Å². The molecular weight excluding hydrogens is 364 g/mol. The minimum Gasteiger partial charge on any atom is -0.493 e. The van der Waals surface area contributed by atoms with Crippen LogP contribution in [0.5, 0.6) is 23.0 Å². The lowest BCUT2D eigenvalue weighted by atomic mass is 10.1. The number of ether oxygens (including phenoxy) is 4. The van der Waals surface area contributed by atoms with Crippen LogP contribution in [0.15, 0.2) is 40.9 Å². The van der Waals surface area contributed by atoms with E-state index in [2.05, 4.69) is 10.1 Å². The highest BCUT2D eigenvalue weighted by Crippen LogP contribution is 2.43. The highest BCUT2D eigenvalue weighted by atomic mass is 16.5. The monoisotopic (exact) mass is 384 g/mol. The molecule has 0 saturated carbocycles. The predicted octanol–water partition coefficient (Wildman–Crippen LogP) is 3.54. The van der Waals surface area contributed by atoms with Crippen molar-refractivity contribution >= 4 is 5.78 Å². The van der Waals surface area contributed by atoms with Crippen molar-refractivity contribution in [2.24, 2.45) is 0 Å². The molecule has 0 unspecified atom stereocenters. The van der Waals surface area contributed by atoms with Crippen molar-refractivity contribution in [1.29, 1.82) is 0 Å². The first-order chi connectivity index (χ1) is 13.6. The summed E-state index contributed by atoms with van der Waals surface area (Å²) in [5.41, 5.74) is 1.22. The van der Waals surface area contributed by atoms with Crippen LogP contribution in [0.2, 0.25) is 0 Å². The van der Waals surface area contributed by atoms with Crippen molar-refractivity contribution in [2.75, 3.05) is 21.3 Å². The van der Waals surface area contributed by atoms with Crippen LogP contribution in [0.4, 0.5) is 0 Å². The number of carbonyl (C=O) groups is 1. The first-order valence-electron chi connectivity index (χ1n) is 8.43. The fourth-order valence-corrected chi connectivity index (χ4v) is 2.63. The normalized spacial score (nSPS) is 10.4. The van der Waals surface area contributed by atoms with Gasteiger partial charge in [0.05, 0.1) is 26.9 Å². The Balaban J connectivity index is 1.78. The van der Waals surface area contributed by atoms with Gasteiger partial charge in [-0.2, -0.15) is 4.98 Å². The van der Waals surface area contributed by atoms with E-state index in [-0.39, 0.29) is 12.4 Å². The summed E-state index contributed by atoms with van der Waals surface area (Å²) in [5.74, 6) is 2.63. The molecular formula is C20H20N2O6. The van der Waals surface area contributed by atoms with Crippen LogP contribution in [-0.4, -0.2) is 37.3 Å². The van der Waals surface area contributed by atoms with E-state index in [1.165, 1.54) is 21.1 Å². The summed E-state index contributed by atoms with van der Waals surface area (Å²) in [7, 11) is 4.59. The zero-order chi connectivity index (χ0) is 20.1. The van der Waals surface area contributed by atoms with E-state index in [9.17, 15) is 4.79 Å². The van der Waals surface area contributed by atoms with Gasteiger partial charge < -0.3 is 23.5 Å². The Hall–Kier alpha value is -3.55. The molecule has 0 aliphatic rings. The van der Waals surface area contributed by atoms with Crippen LogP contribution in [0, 0.1) is 0 Å². The van der Waals surface area contributed by atoms with Crippen LogP contribution in [0.1, 0.15) is 23.2 Å². The summed E-state index contributed by atoms with van der Waals surface area (Å²) in [6.07, 6.45) is 0. The summed E-state index contributed by atoms with van der Waals surface area (Å²) < 4.78 is 27.0. The van der Waals surface area contributed by atoms with Gasteiger partial charge in [0.15, 0.2) is 23.9 Å². The Kier molecular flexibility index (Phi) is 5.78. The largest absolute Gasteiger partial charge is 0.493 e. The lowest BCUT2D eigenvalue weighted by Crippen LogP contribution is -1.98. The molecule has 0 amide bonds. The fraction of sp³-hybridized carbons (Fsp3) is 0.250. The first kappa shape index (κ1) is 19.2. The predicted molar refractivity (Wildman–Crippen MR) is 100 cm³/mol. The molecule has 146 valence electrons. The van der Waals surface area contributed by atoms with E-state index in [0.29, 0.717) is 45.8 Å². The van der Waals surface area contributed by atoms with Crippen LogP contribution in [-0.2, 0) is 6.61 Å². The fourth-order valence-electron chi connectivity index (χ4n) is 2.63. The van der Waals surface area contributed by atoms with Crippen LogP contribution < -0.4 is 18.9 Å². The Morgan fingerprint density at radius 3 is 2.29 bits per heavy atom. The molecule has 3 aromatic rings. The summed E-state index contributed by atoms with van der Waals surface area (Å²) in [6, 6.07) is 10.3. The molecule has 8 nitrogen and oxygen atoms in total. The number of methoxy groups -OCH3 is 3. The average Bonchev–Trinajstić information content (AvgIpc) is 3.20. The van der Waals surface area contributed by atoms with Gasteiger partial charge in [-0.05, 0) is 43.3 Å². The molecule has 0 aliphatic heterocycles. The van der Waals surface area contributed by atoms with E-state index in [0.717, 1.165) is 0 Å². The third-order valence-electron chi connectivity index (χ3n) is 4.04. The van der Waals surface area contributed by atoms with Gasteiger partial charge >= 0.3 is 0 Å². The summed E-state index contributed by atoms with van der Waals surface area (Å²) in [5, 5.41) is 3.99. The molecule has 0 spiro atoms. The van der Waals surface area contributed by atoms with Gasteiger partial charge in [0.25, 0.3) is 5.89 Å². The molecule has 3 rings (SSSR count). The first-order valence-corrected chi connectivity index (χ1v) is 8.43. The third-order valence-corrected chi connectivity index (χ3v) is 4.04. The molecule has 8 heteroatoms. The smallest absolute Gasteiger partial charge is 0.264 e. The van der Waals surface area contributed by atoms with Crippen molar-refractivity contribution in [2.45, 2.75) is 13.5 Å². The number of nitrogens with zero attached hydrogens (tertiary/aromatic N) is 2. The molecule has 0 N–H and O–H groups in total. The minimum atomic E-state index is -0.00281. The van der Waals surface area contributed by atoms with Crippen molar-refractivity contribution in [1.82, 2.24) is 10.1 Å². The maximum atomic E-state index is 11.3. The Morgan fingerprint density at radius 1 is 0.964 bits per heavy atom. The Labute approximate surface area is 162 Å². The van der Waals surface area contributed by atoms with Crippen molar-refractivity contribution in [3.63, 3.8) is 0 Å². The van der Waals surface area contributed by atoms with Gasteiger partial charge in [0.2, 0.25) is 11.6 Å². The molecule has 0 saturated heterocycles. The number of carbonyl (C=O) groups excluding carboxylic acids is 1. The molecule has 0 radical (unpaired) electrons. The molecule has 1 aromatic heterocycles. The summed E-state index contributed by atoms with van der Waals surface area (Å²) in [6.45, 7) is 1.60. The van der Waals surface area contributed by atoms with E-state index in [4.69, 9.17) is 23.5 Å². The lowest BCUT2D eigenvalue weighted by molar-refractivity contribution is 0.101. The highest BCUT2D eigenvalue weighted by Gasteiger charge is 2.20. The van der Waals surface area contributed by atoms with Gasteiger partial charge in [-0.25, -0.2) is 0 Å². The Morgan fingerprint density at radius 2 is 1.68 bits per heavy atom. The molecule has 2 aromatic carbocycles. The van der Waals surface area contributed by atoms with E-state index >= 15 is 0 Å². The number of benzene rings is 2. The molecule has 0 bridgehead atoms. The van der Waals surface area contributed by atoms with Gasteiger partial charge in [-0.15, -0.1) is 0 Å². The number of Topliss-reactive ketones (excluding diaryl/α,β-unsaturated/α-hetero) is 1. The van der Waals surface area contributed by atoms with Crippen LogP contribution in [0.3, 0.4) is 0 Å². The number of hydrogen-bond acceptors (Lipinski definition) is 8. The van der Waals surface area contributed by atoms with Gasteiger partial charge in [-0.3, -0.25) is 4.79 Å². The van der Waals surface area contributed by atoms with Gasteiger partial charge in [0.1, 0.15) is 5.75 Å². The van der Waals surface area contributed by atoms with Crippen molar-refractivity contribution in [3.05, 3.63) is 47.9 Å². The number of aromatic nitrogens is 2. The standard InChI is InChI=1S/C20H20N2O6/c1-12(23)13-5-7-14(8-6-13)27-11-17-21-20(22-28-17)15-9-10-16(24-2)19(26-4)18(15)25-3/h5-10H,11H2,1-4H3. The van der Waals surface area contributed by atoms with Crippen molar-refractivity contribution in [3.8, 4) is 34.4 Å². The quantitative estimate of drug-likeness (QED) is 0.545. The SMILES string of the molecule is COc1ccc(-c2noc(COc3ccc(C(C)=O)cc3)n2)c(OC)c1OC. The minimum absolute atomic E-state index is 0.00281. The second-order valence-corrected chi connectivity index (χ2v) is 5.76. The maximum absolute atomic E-state index is 11.3. The molecule has 0 atom stereocenters. The van der Waals surface area contributed by atoms with Gasteiger partial charge in [-0.1, -0.05) is 5.16 Å². The molecule has 28 heavy (non-hydrogen) atoms. The lowest BCUT2D eigenvalue weighted by Gasteiger charge is -2.13. The van der Waals surface area contributed by atoms with Crippen LogP contribution >= 0.6 is 0 Å². The third kappa shape index (κ3) is 3.90. The number of rotatable bonds is 8. The zero-order valence-corrected chi connectivity index (χ0v) is 16.0. The molecule has 0 fully saturated rings. The Bertz CT molecular complexity index is 965. The van der Waals surface area contributed by atoms with E-state index < -0.39 is 0 Å². The van der Waals surface area contributed by atoms with Crippen molar-refractivity contribution < 1.29 is 28.3 Å². The second-order valence-electron chi connectivity index (χ2n) is 5.76. The summed E-state index contributed by atoms with van der Waals surface area (Å²) in [4.78, 5) is 15.7. The summed E-state index contributed by atoms with van der Waals surface area (Å²) >= 11 is 0. The number of ketones is 1. The second kappa shape index (κ2) is 8.43. The number of hydrogen-bond donors (Lipinski definition) is 0. The molecule has 0 aliphatic carbocycles. The van der Waals surface area contributed by atoms with Gasteiger partial charge in [0, 0.05) is 5.56 Å². The zero-order valence-electron chi connectivity index (χ0n) is 16.0. The average molecular weight is 384 g/mol. The van der Waals surface area contributed by atoms with Crippen LogP contribution in [0.25, 0.3) is 11.4 Å². The van der Waals surface area contributed by atoms with E-state index in [1.807, 2.05) is 0 Å².